The fraction of sp³-hybridized carbons (Fsp3) is 0.615. The standard InChI is InChI=1S/C13H21N3/c1-11-6-8-16(12(2)9-15-11)10-13-5-3-4-7-14-13/h3-5,7,11-12,15H,6,8-10H2,1-2H3. The lowest BCUT2D eigenvalue weighted by Crippen LogP contribution is -2.37. The van der Waals surface area contributed by atoms with E-state index < -0.39 is 0 Å². The molecule has 0 bridgehead atoms. The Kier molecular flexibility index (Phi) is 3.91. The summed E-state index contributed by atoms with van der Waals surface area (Å²) in [5.74, 6) is 0. The normalized spacial score (nSPS) is 27.6. The highest BCUT2D eigenvalue weighted by molar-refractivity contribution is 5.03. The average molecular weight is 219 g/mol. The second-order valence-corrected chi connectivity index (χ2v) is 4.74. The van der Waals surface area contributed by atoms with Crippen LogP contribution in [0.4, 0.5) is 0 Å². The number of hydrogen-bond donors (Lipinski definition) is 1. The molecule has 2 heterocycles. The van der Waals surface area contributed by atoms with Crippen LogP contribution in [0.25, 0.3) is 0 Å². The molecule has 1 aliphatic rings. The van der Waals surface area contributed by atoms with Gasteiger partial charge >= 0.3 is 0 Å². The molecular formula is C13H21N3. The zero-order valence-corrected chi connectivity index (χ0v) is 10.2. The molecule has 2 unspecified atom stereocenters. The molecule has 0 aliphatic carbocycles. The summed E-state index contributed by atoms with van der Waals surface area (Å²) >= 11 is 0. The van der Waals surface area contributed by atoms with Crippen molar-refractivity contribution in [2.45, 2.75) is 38.9 Å². The van der Waals surface area contributed by atoms with E-state index >= 15 is 0 Å². The minimum absolute atomic E-state index is 0.590. The van der Waals surface area contributed by atoms with Gasteiger partial charge in [0.1, 0.15) is 0 Å². The molecule has 1 saturated heterocycles. The lowest BCUT2D eigenvalue weighted by molar-refractivity contribution is 0.211. The van der Waals surface area contributed by atoms with Gasteiger partial charge in [0.05, 0.1) is 5.69 Å². The molecule has 0 aromatic carbocycles. The van der Waals surface area contributed by atoms with Gasteiger partial charge in [0.15, 0.2) is 0 Å². The van der Waals surface area contributed by atoms with E-state index in [1.165, 1.54) is 12.1 Å². The number of nitrogens with zero attached hydrogens (tertiary/aromatic N) is 2. The predicted molar refractivity (Wildman–Crippen MR) is 66.2 cm³/mol. The summed E-state index contributed by atoms with van der Waals surface area (Å²) in [5.41, 5.74) is 1.17. The maximum absolute atomic E-state index is 4.39. The first-order valence-electron chi connectivity index (χ1n) is 6.13. The smallest absolute Gasteiger partial charge is 0.0544 e. The van der Waals surface area contributed by atoms with E-state index in [1.807, 2.05) is 12.3 Å². The fourth-order valence-electron chi connectivity index (χ4n) is 2.12. The summed E-state index contributed by atoms with van der Waals surface area (Å²) < 4.78 is 0. The molecule has 0 spiro atoms. The van der Waals surface area contributed by atoms with Crippen LogP contribution in [0.2, 0.25) is 0 Å². The van der Waals surface area contributed by atoms with E-state index in [0.29, 0.717) is 12.1 Å². The summed E-state index contributed by atoms with van der Waals surface area (Å²) in [7, 11) is 0. The highest BCUT2D eigenvalue weighted by Gasteiger charge is 2.19. The monoisotopic (exact) mass is 219 g/mol. The zero-order chi connectivity index (χ0) is 11.4. The largest absolute Gasteiger partial charge is 0.313 e. The molecule has 0 saturated carbocycles. The second-order valence-electron chi connectivity index (χ2n) is 4.74. The first-order chi connectivity index (χ1) is 7.75. The van der Waals surface area contributed by atoms with Gasteiger partial charge in [0, 0.05) is 37.9 Å². The van der Waals surface area contributed by atoms with Crippen molar-refractivity contribution in [3.05, 3.63) is 30.1 Å². The molecule has 88 valence electrons. The van der Waals surface area contributed by atoms with Gasteiger partial charge in [-0.3, -0.25) is 9.88 Å². The van der Waals surface area contributed by atoms with Crippen molar-refractivity contribution in [2.24, 2.45) is 0 Å². The molecule has 3 heteroatoms. The van der Waals surface area contributed by atoms with Gasteiger partial charge < -0.3 is 5.32 Å². The van der Waals surface area contributed by atoms with Crippen LogP contribution >= 0.6 is 0 Å². The van der Waals surface area contributed by atoms with Crippen molar-refractivity contribution in [1.29, 1.82) is 0 Å². The SMILES string of the molecule is CC1CCN(Cc2ccccn2)C(C)CN1. The van der Waals surface area contributed by atoms with Crippen LogP contribution in [0.15, 0.2) is 24.4 Å². The van der Waals surface area contributed by atoms with Crippen LogP contribution in [0.3, 0.4) is 0 Å². The zero-order valence-electron chi connectivity index (χ0n) is 10.2. The third-order valence-electron chi connectivity index (χ3n) is 3.33. The van der Waals surface area contributed by atoms with Crippen LogP contribution in [0.5, 0.6) is 0 Å². The molecule has 1 aromatic heterocycles. The van der Waals surface area contributed by atoms with E-state index in [4.69, 9.17) is 0 Å². The van der Waals surface area contributed by atoms with Crippen LogP contribution in [-0.2, 0) is 6.54 Å². The maximum atomic E-state index is 4.39. The van der Waals surface area contributed by atoms with Gasteiger partial charge in [-0.2, -0.15) is 0 Å². The van der Waals surface area contributed by atoms with Crippen molar-refractivity contribution in [1.82, 2.24) is 15.2 Å². The molecule has 1 aromatic rings. The molecule has 1 aliphatic heterocycles. The Morgan fingerprint density at radius 3 is 3.06 bits per heavy atom. The van der Waals surface area contributed by atoms with Crippen LogP contribution in [-0.4, -0.2) is 35.1 Å². The van der Waals surface area contributed by atoms with Crippen LogP contribution in [0.1, 0.15) is 26.0 Å². The third kappa shape index (κ3) is 3.03. The lowest BCUT2D eigenvalue weighted by atomic mass is 10.2. The van der Waals surface area contributed by atoms with Crippen molar-refractivity contribution in [3.63, 3.8) is 0 Å². The fourth-order valence-corrected chi connectivity index (χ4v) is 2.12. The Morgan fingerprint density at radius 2 is 2.31 bits per heavy atom. The minimum atomic E-state index is 0.590. The molecule has 3 nitrogen and oxygen atoms in total. The Morgan fingerprint density at radius 1 is 1.44 bits per heavy atom. The number of pyridine rings is 1. The maximum Gasteiger partial charge on any atom is 0.0544 e. The summed E-state index contributed by atoms with van der Waals surface area (Å²) in [6.07, 6.45) is 3.09. The molecule has 2 rings (SSSR count). The minimum Gasteiger partial charge on any atom is -0.313 e. The van der Waals surface area contributed by atoms with Gasteiger partial charge in [-0.25, -0.2) is 0 Å². The third-order valence-corrected chi connectivity index (χ3v) is 3.33. The molecule has 0 amide bonds. The Hall–Kier alpha value is -0.930. The number of rotatable bonds is 2. The van der Waals surface area contributed by atoms with Gasteiger partial charge in [-0.15, -0.1) is 0 Å². The quantitative estimate of drug-likeness (QED) is 0.820. The predicted octanol–water partition coefficient (Wildman–Crippen LogP) is 1.65. The molecular weight excluding hydrogens is 198 g/mol. The molecule has 1 N–H and O–H groups in total. The van der Waals surface area contributed by atoms with E-state index in [1.54, 1.807) is 0 Å². The van der Waals surface area contributed by atoms with Crippen LogP contribution < -0.4 is 5.32 Å². The molecule has 0 radical (unpaired) electrons. The lowest BCUT2D eigenvalue weighted by Gasteiger charge is -2.25. The number of hydrogen-bond acceptors (Lipinski definition) is 3. The van der Waals surface area contributed by atoms with Crippen molar-refractivity contribution < 1.29 is 0 Å². The van der Waals surface area contributed by atoms with E-state index in [2.05, 4.69) is 41.2 Å². The van der Waals surface area contributed by atoms with Gasteiger partial charge in [-0.05, 0) is 32.4 Å². The summed E-state index contributed by atoms with van der Waals surface area (Å²) in [5, 5.41) is 3.55. The van der Waals surface area contributed by atoms with Crippen LogP contribution in [0, 0.1) is 0 Å². The molecule has 2 atom stereocenters. The van der Waals surface area contributed by atoms with E-state index in [-0.39, 0.29) is 0 Å². The summed E-state index contributed by atoms with van der Waals surface area (Å²) in [6.45, 7) is 7.75. The number of nitrogens with one attached hydrogen (secondary N) is 1. The first kappa shape index (κ1) is 11.6. The molecule has 1 fully saturated rings. The Bertz CT molecular complexity index is 312. The second kappa shape index (κ2) is 5.41. The van der Waals surface area contributed by atoms with Crippen molar-refractivity contribution >= 4 is 0 Å². The van der Waals surface area contributed by atoms with Crippen molar-refractivity contribution in [2.75, 3.05) is 13.1 Å². The Labute approximate surface area is 97.9 Å². The highest BCUT2D eigenvalue weighted by Crippen LogP contribution is 2.10. The first-order valence-corrected chi connectivity index (χ1v) is 6.13. The van der Waals surface area contributed by atoms with Gasteiger partial charge in [0.2, 0.25) is 0 Å². The van der Waals surface area contributed by atoms with E-state index in [0.717, 1.165) is 19.6 Å². The van der Waals surface area contributed by atoms with E-state index in [9.17, 15) is 0 Å². The van der Waals surface area contributed by atoms with Gasteiger partial charge in [0.25, 0.3) is 0 Å². The average Bonchev–Trinajstić information content (AvgIpc) is 2.46. The van der Waals surface area contributed by atoms with Gasteiger partial charge in [-0.1, -0.05) is 6.07 Å². The Balaban J connectivity index is 1.98. The molecule has 16 heavy (non-hydrogen) atoms. The summed E-state index contributed by atoms with van der Waals surface area (Å²) in [6, 6.07) is 7.36. The highest BCUT2D eigenvalue weighted by atomic mass is 15.2. The van der Waals surface area contributed by atoms with Crippen molar-refractivity contribution in [3.8, 4) is 0 Å². The number of aromatic nitrogens is 1. The summed E-state index contributed by atoms with van der Waals surface area (Å²) in [4.78, 5) is 6.91. The topological polar surface area (TPSA) is 28.2 Å².